The van der Waals surface area contributed by atoms with Gasteiger partial charge in [-0.15, -0.1) is 0 Å². The summed E-state index contributed by atoms with van der Waals surface area (Å²) in [6.07, 6.45) is 1.74. The van der Waals surface area contributed by atoms with E-state index in [1.54, 1.807) is 0 Å². The molecule has 1 atom stereocenters. The lowest BCUT2D eigenvalue weighted by Gasteiger charge is -2.31. The molecule has 0 aromatic carbocycles. The fraction of sp³-hybridized carbons (Fsp3) is 0.857. The molecule has 0 saturated carbocycles. The lowest BCUT2D eigenvalue weighted by Crippen LogP contribution is -2.53. The monoisotopic (exact) mass is 272 g/mol. The van der Waals surface area contributed by atoms with Gasteiger partial charge in [-0.1, -0.05) is 13.8 Å². The largest absolute Gasteiger partial charge is 0.468 e. The number of methoxy groups -OCH3 is 1. The smallest absolute Gasteiger partial charge is 0.319 e. The van der Waals surface area contributed by atoms with Crippen molar-refractivity contribution in [1.82, 2.24) is 10.2 Å². The van der Waals surface area contributed by atoms with Gasteiger partial charge in [0.15, 0.2) is 0 Å². The quantitative estimate of drug-likeness (QED) is 0.681. The van der Waals surface area contributed by atoms with Crippen LogP contribution in [0.15, 0.2) is 0 Å². The van der Waals surface area contributed by atoms with Gasteiger partial charge < -0.3 is 10.1 Å². The highest BCUT2D eigenvalue weighted by Gasteiger charge is 2.26. The Morgan fingerprint density at radius 3 is 2.32 bits per heavy atom. The van der Waals surface area contributed by atoms with Crippen molar-refractivity contribution < 1.29 is 14.3 Å². The molecule has 0 rings (SSSR count). The fourth-order valence-corrected chi connectivity index (χ4v) is 1.62. The molecular weight excluding hydrogens is 244 g/mol. The van der Waals surface area contributed by atoms with Crippen molar-refractivity contribution in [1.29, 1.82) is 0 Å². The molecule has 0 saturated heterocycles. The van der Waals surface area contributed by atoms with Gasteiger partial charge in [0, 0.05) is 5.54 Å². The second kappa shape index (κ2) is 8.15. The predicted octanol–water partition coefficient (Wildman–Crippen LogP) is 1.56. The molecule has 0 aromatic heterocycles. The molecule has 112 valence electrons. The SMILES string of the molecule is CCCN(CC(=O)OC)C(C)C(=O)NC(C)(C)CC. The maximum Gasteiger partial charge on any atom is 0.319 e. The first-order valence-electron chi connectivity index (χ1n) is 6.90. The lowest BCUT2D eigenvalue weighted by molar-refractivity contribution is -0.143. The number of carbonyl (C=O) groups is 2. The minimum atomic E-state index is -0.343. The minimum Gasteiger partial charge on any atom is -0.468 e. The van der Waals surface area contributed by atoms with Crippen molar-refractivity contribution in [3.63, 3.8) is 0 Å². The molecule has 0 spiro atoms. The molecule has 0 bridgehead atoms. The van der Waals surface area contributed by atoms with E-state index in [4.69, 9.17) is 0 Å². The average Bonchev–Trinajstić information content (AvgIpc) is 2.36. The third-order valence-electron chi connectivity index (χ3n) is 3.34. The van der Waals surface area contributed by atoms with Gasteiger partial charge in [-0.3, -0.25) is 14.5 Å². The van der Waals surface area contributed by atoms with Crippen LogP contribution in [0.1, 0.15) is 47.5 Å². The molecule has 5 nitrogen and oxygen atoms in total. The molecule has 0 aliphatic heterocycles. The third-order valence-corrected chi connectivity index (χ3v) is 3.34. The Hall–Kier alpha value is -1.10. The molecule has 5 heteroatoms. The first-order chi connectivity index (χ1) is 8.77. The molecule has 1 unspecified atom stereocenters. The van der Waals surface area contributed by atoms with Crippen molar-refractivity contribution in [3.05, 3.63) is 0 Å². The summed E-state index contributed by atoms with van der Waals surface area (Å²) in [4.78, 5) is 25.4. The Labute approximate surface area is 116 Å². The average molecular weight is 272 g/mol. The zero-order chi connectivity index (χ0) is 15.1. The molecule has 1 N–H and O–H groups in total. The molecular formula is C14H28N2O3. The molecule has 0 fully saturated rings. The Kier molecular flexibility index (Phi) is 7.68. The molecule has 0 radical (unpaired) electrons. The number of rotatable bonds is 8. The maximum atomic E-state index is 12.2. The van der Waals surface area contributed by atoms with Crippen LogP contribution < -0.4 is 5.32 Å². The van der Waals surface area contributed by atoms with Crippen LogP contribution in [-0.2, 0) is 14.3 Å². The number of amides is 1. The van der Waals surface area contributed by atoms with Crippen LogP contribution in [0.3, 0.4) is 0 Å². The summed E-state index contributed by atoms with van der Waals surface area (Å²) in [7, 11) is 1.36. The van der Waals surface area contributed by atoms with Gasteiger partial charge in [0.2, 0.25) is 5.91 Å². The van der Waals surface area contributed by atoms with Crippen molar-refractivity contribution in [2.24, 2.45) is 0 Å². The van der Waals surface area contributed by atoms with Crippen molar-refractivity contribution in [3.8, 4) is 0 Å². The highest BCUT2D eigenvalue weighted by molar-refractivity contribution is 5.82. The fourth-order valence-electron chi connectivity index (χ4n) is 1.62. The van der Waals surface area contributed by atoms with E-state index in [0.717, 1.165) is 12.8 Å². The van der Waals surface area contributed by atoms with Crippen LogP contribution in [-0.4, -0.2) is 48.6 Å². The van der Waals surface area contributed by atoms with E-state index in [0.29, 0.717) is 6.54 Å². The second-order valence-corrected chi connectivity index (χ2v) is 5.45. The maximum absolute atomic E-state index is 12.2. The first kappa shape index (κ1) is 17.9. The number of esters is 1. The van der Waals surface area contributed by atoms with Crippen LogP contribution in [0, 0.1) is 0 Å². The summed E-state index contributed by atoms with van der Waals surface area (Å²) in [5.41, 5.74) is -0.228. The Bertz CT molecular complexity index is 303. The zero-order valence-corrected chi connectivity index (χ0v) is 13.1. The Morgan fingerprint density at radius 1 is 1.32 bits per heavy atom. The molecule has 1 amide bonds. The Balaban J connectivity index is 4.65. The third kappa shape index (κ3) is 6.57. The highest BCUT2D eigenvalue weighted by Crippen LogP contribution is 2.09. The van der Waals surface area contributed by atoms with Crippen molar-refractivity contribution in [2.75, 3.05) is 20.2 Å². The molecule has 0 aliphatic carbocycles. The summed E-state index contributed by atoms with van der Waals surface area (Å²) < 4.78 is 4.67. The number of hydrogen-bond donors (Lipinski definition) is 1. The standard InChI is InChI=1S/C14H28N2O3/c1-7-9-16(10-12(17)19-6)11(3)13(18)15-14(4,5)8-2/h11H,7-10H2,1-6H3,(H,15,18). The summed E-state index contributed by atoms with van der Waals surface area (Å²) >= 11 is 0. The summed E-state index contributed by atoms with van der Waals surface area (Å²) in [5, 5.41) is 3.00. The van der Waals surface area contributed by atoms with Crippen LogP contribution >= 0.6 is 0 Å². The highest BCUT2D eigenvalue weighted by atomic mass is 16.5. The number of nitrogens with zero attached hydrogens (tertiary/aromatic N) is 1. The second-order valence-electron chi connectivity index (χ2n) is 5.45. The van der Waals surface area contributed by atoms with E-state index in [9.17, 15) is 9.59 Å². The lowest BCUT2D eigenvalue weighted by atomic mass is 10.0. The van der Waals surface area contributed by atoms with Gasteiger partial charge in [0.25, 0.3) is 0 Å². The van der Waals surface area contributed by atoms with Gasteiger partial charge in [-0.25, -0.2) is 0 Å². The van der Waals surface area contributed by atoms with E-state index >= 15 is 0 Å². The van der Waals surface area contributed by atoms with Crippen molar-refractivity contribution in [2.45, 2.75) is 59.0 Å². The normalized spacial score (nSPS) is 13.2. The van der Waals surface area contributed by atoms with E-state index in [1.807, 2.05) is 39.5 Å². The van der Waals surface area contributed by atoms with Crippen LogP contribution in [0.25, 0.3) is 0 Å². The van der Waals surface area contributed by atoms with E-state index < -0.39 is 0 Å². The number of carbonyl (C=O) groups excluding carboxylic acids is 2. The van der Waals surface area contributed by atoms with Gasteiger partial charge in [0.1, 0.15) is 0 Å². The van der Waals surface area contributed by atoms with Gasteiger partial charge in [-0.2, -0.15) is 0 Å². The van der Waals surface area contributed by atoms with E-state index in [1.165, 1.54) is 7.11 Å². The summed E-state index contributed by atoms with van der Waals surface area (Å²) in [6.45, 7) is 10.7. The zero-order valence-electron chi connectivity index (χ0n) is 13.1. The summed E-state index contributed by atoms with van der Waals surface area (Å²) in [5.74, 6) is -0.368. The van der Waals surface area contributed by atoms with Crippen LogP contribution in [0.5, 0.6) is 0 Å². The molecule has 0 heterocycles. The first-order valence-corrected chi connectivity index (χ1v) is 6.90. The van der Waals surface area contributed by atoms with Gasteiger partial charge in [0.05, 0.1) is 19.7 Å². The molecule has 0 aliphatic rings. The number of hydrogen-bond acceptors (Lipinski definition) is 4. The van der Waals surface area contributed by atoms with Gasteiger partial charge >= 0.3 is 5.97 Å². The minimum absolute atomic E-state index is 0.0517. The van der Waals surface area contributed by atoms with Crippen molar-refractivity contribution >= 4 is 11.9 Å². The molecule has 19 heavy (non-hydrogen) atoms. The van der Waals surface area contributed by atoms with E-state index in [2.05, 4.69) is 10.1 Å². The predicted molar refractivity (Wildman–Crippen MR) is 75.9 cm³/mol. The number of ether oxygens (including phenoxy) is 1. The number of nitrogens with one attached hydrogen (secondary N) is 1. The topological polar surface area (TPSA) is 58.6 Å². The van der Waals surface area contributed by atoms with Gasteiger partial charge in [-0.05, 0) is 40.2 Å². The van der Waals surface area contributed by atoms with Crippen LogP contribution in [0.4, 0.5) is 0 Å². The van der Waals surface area contributed by atoms with E-state index in [-0.39, 0.29) is 30.0 Å². The Morgan fingerprint density at radius 2 is 1.89 bits per heavy atom. The van der Waals surface area contributed by atoms with Crippen LogP contribution in [0.2, 0.25) is 0 Å². The summed E-state index contributed by atoms with van der Waals surface area (Å²) in [6, 6.07) is -0.343. The molecule has 0 aromatic rings.